The zero-order valence-electron chi connectivity index (χ0n) is 25.8. The molecule has 44 heavy (non-hydrogen) atoms. The fourth-order valence-electron chi connectivity index (χ4n) is 6.29. The van der Waals surface area contributed by atoms with Gasteiger partial charge in [-0.3, -0.25) is 9.69 Å². The first-order valence-electron chi connectivity index (χ1n) is 15.5. The number of hydrogen-bond acceptors (Lipinski definition) is 12. The van der Waals surface area contributed by atoms with E-state index < -0.39 is 5.91 Å². The number of piperidine rings is 1. The van der Waals surface area contributed by atoms with Crippen molar-refractivity contribution in [3.05, 3.63) is 35.7 Å². The summed E-state index contributed by atoms with van der Waals surface area (Å²) in [6, 6.07) is 8.77. The highest BCUT2D eigenvalue weighted by atomic mass is 32.1. The van der Waals surface area contributed by atoms with Crippen LogP contribution in [0.3, 0.4) is 0 Å². The van der Waals surface area contributed by atoms with Gasteiger partial charge >= 0.3 is 0 Å². The van der Waals surface area contributed by atoms with Crippen molar-refractivity contribution >= 4 is 40.5 Å². The number of amides is 1. The minimum atomic E-state index is -0.660. The standard InChI is InChI=1S/C31H43N9O3S/c1-20-18-26(44-37-20)27-30(33-21-8-16-43-17-9-21)36-31(28(35-27)29(32)41)34-22-4-5-24(25(19-22)42-3)40-10-6-23(7-11-40)39-14-12-38(2)13-15-39/h4-5,18-19,21,23H,6-17H2,1-3H3,(H2,32,41)(H2,33,34,36). The Morgan fingerprint density at radius 3 is 2.43 bits per heavy atom. The molecule has 6 rings (SSSR count). The van der Waals surface area contributed by atoms with Crippen LogP contribution in [0.15, 0.2) is 24.3 Å². The molecule has 0 atom stereocenters. The molecule has 13 heteroatoms. The van der Waals surface area contributed by atoms with E-state index in [1.54, 1.807) is 7.11 Å². The highest BCUT2D eigenvalue weighted by molar-refractivity contribution is 7.09. The molecule has 1 aromatic carbocycles. The maximum absolute atomic E-state index is 12.6. The van der Waals surface area contributed by atoms with E-state index in [-0.39, 0.29) is 11.7 Å². The molecule has 0 radical (unpaired) electrons. The van der Waals surface area contributed by atoms with Crippen molar-refractivity contribution in [3.63, 3.8) is 0 Å². The molecule has 236 valence electrons. The zero-order valence-corrected chi connectivity index (χ0v) is 26.7. The molecule has 1 amide bonds. The lowest BCUT2D eigenvalue weighted by atomic mass is 10.0. The lowest BCUT2D eigenvalue weighted by molar-refractivity contribution is 0.0904. The normalized spacial score (nSPS) is 19.2. The number of nitrogens with one attached hydrogen (secondary N) is 2. The number of nitrogens with two attached hydrogens (primary N) is 1. The maximum Gasteiger partial charge on any atom is 0.271 e. The zero-order chi connectivity index (χ0) is 30.6. The maximum atomic E-state index is 12.6. The van der Waals surface area contributed by atoms with Crippen molar-refractivity contribution < 1.29 is 14.3 Å². The van der Waals surface area contributed by atoms with Gasteiger partial charge in [-0.15, -0.1) is 0 Å². The number of methoxy groups -OCH3 is 1. The minimum Gasteiger partial charge on any atom is -0.495 e. The molecule has 12 nitrogen and oxygen atoms in total. The lowest BCUT2D eigenvalue weighted by Crippen LogP contribution is -2.52. The SMILES string of the molecule is COc1cc(Nc2nc(NC3CCOCC3)c(-c3cc(C)ns3)nc2C(N)=O)ccc1N1CCC(N2CCN(C)CC2)CC1. The molecule has 0 saturated carbocycles. The molecule has 0 unspecified atom stereocenters. The largest absolute Gasteiger partial charge is 0.495 e. The Hall–Kier alpha value is -3.52. The molecule has 2 aromatic heterocycles. The second-order valence-corrected chi connectivity index (χ2v) is 12.7. The van der Waals surface area contributed by atoms with Crippen molar-refractivity contribution in [2.45, 2.75) is 44.7 Å². The highest BCUT2D eigenvalue weighted by Crippen LogP contribution is 2.36. The Kier molecular flexibility index (Phi) is 9.45. The second kappa shape index (κ2) is 13.6. The van der Waals surface area contributed by atoms with Crippen molar-refractivity contribution in [1.82, 2.24) is 24.1 Å². The summed E-state index contributed by atoms with van der Waals surface area (Å²) in [5, 5.41) is 6.86. The number of hydrogen-bond donors (Lipinski definition) is 3. The van der Waals surface area contributed by atoms with Gasteiger partial charge in [-0.25, -0.2) is 9.97 Å². The van der Waals surface area contributed by atoms with Gasteiger partial charge in [-0.2, -0.15) is 4.37 Å². The van der Waals surface area contributed by atoms with Crippen molar-refractivity contribution in [3.8, 4) is 16.3 Å². The fraction of sp³-hybridized carbons (Fsp3) is 0.548. The van der Waals surface area contributed by atoms with Crippen molar-refractivity contribution in [1.29, 1.82) is 0 Å². The molecule has 3 fully saturated rings. The molecule has 3 aromatic rings. The van der Waals surface area contributed by atoms with Crippen LogP contribution in [0.1, 0.15) is 41.9 Å². The molecule has 3 aliphatic rings. The van der Waals surface area contributed by atoms with E-state index in [0.717, 1.165) is 92.6 Å². The van der Waals surface area contributed by atoms with Crippen LogP contribution in [0.25, 0.3) is 10.6 Å². The van der Waals surface area contributed by atoms with Crippen LogP contribution in [0, 0.1) is 6.92 Å². The summed E-state index contributed by atoms with van der Waals surface area (Å²) in [6.45, 7) is 9.85. The Labute approximate surface area is 263 Å². The van der Waals surface area contributed by atoms with E-state index in [4.69, 9.17) is 25.2 Å². The van der Waals surface area contributed by atoms with Gasteiger partial charge in [0.15, 0.2) is 17.3 Å². The van der Waals surface area contributed by atoms with E-state index >= 15 is 0 Å². The highest BCUT2D eigenvalue weighted by Gasteiger charge is 2.28. The number of piperazine rings is 1. The number of primary amides is 1. The summed E-state index contributed by atoms with van der Waals surface area (Å²) >= 11 is 1.32. The lowest BCUT2D eigenvalue weighted by Gasteiger charge is -2.42. The first kappa shape index (κ1) is 30.5. The molecule has 3 saturated heterocycles. The molecular weight excluding hydrogens is 578 g/mol. The Bertz CT molecular complexity index is 1450. The average molecular weight is 622 g/mol. The van der Waals surface area contributed by atoms with Crippen LogP contribution in [-0.2, 0) is 4.74 Å². The molecule has 4 N–H and O–H groups in total. The van der Waals surface area contributed by atoms with Gasteiger partial charge < -0.3 is 35.6 Å². The molecule has 5 heterocycles. The summed E-state index contributed by atoms with van der Waals surface area (Å²) in [5.74, 6) is 0.977. The number of ether oxygens (including phenoxy) is 2. The first-order valence-corrected chi connectivity index (χ1v) is 16.3. The smallest absolute Gasteiger partial charge is 0.271 e. The summed E-state index contributed by atoms with van der Waals surface area (Å²) < 4.78 is 15.8. The third-order valence-electron chi connectivity index (χ3n) is 8.85. The Morgan fingerprint density at radius 1 is 1.02 bits per heavy atom. The van der Waals surface area contributed by atoms with Gasteiger partial charge in [-0.1, -0.05) is 0 Å². The summed E-state index contributed by atoms with van der Waals surface area (Å²) in [5.41, 5.74) is 9.14. The molecule has 0 aliphatic carbocycles. The van der Waals surface area contributed by atoms with Crippen LogP contribution in [-0.4, -0.2) is 109 Å². The molecule has 0 bridgehead atoms. The van der Waals surface area contributed by atoms with Gasteiger partial charge in [0.05, 0.1) is 23.4 Å². The third kappa shape index (κ3) is 6.90. The average Bonchev–Trinajstić information content (AvgIpc) is 3.48. The number of aryl methyl sites for hydroxylation is 1. The van der Waals surface area contributed by atoms with Crippen LogP contribution < -0.4 is 26.0 Å². The van der Waals surface area contributed by atoms with Crippen LogP contribution in [0.5, 0.6) is 5.75 Å². The van der Waals surface area contributed by atoms with Crippen LogP contribution in [0.2, 0.25) is 0 Å². The fourth-order valence-corrected chi connectivity index (χ4v) is 7.04. The van der Waals surface area contributed by atoms with Crippen LogP contribution in [0.4, 0.5) is 23.0 Å². The van der Waals surface area contributed by atoms with Gasteiger partial charge in [0.1, 0.15) is 11.4 Å². The van der Waals surface area contributed by atoms with Crippen LogP contribution >= 0.6 is 11.5 Å². The van der Waals surface area contributed by atoms with Gasteiger partial charge in [0, 0.05) is 76.3 Å². The summed E-state index contributed by atoms with van der Waals surface area (Å²) in [4.78, 5) is 30.5. The minimum absolute atomic E-state index is 0.0672. The van der Waals surface area contributed by atoms with Gasteiger partial charge in [0.25, 0.3) is 5.91 Å². The Balaban J connectivity index is 1.23. The monoisotopic (exact) mass is 621 g/mol. The van der Waals surface area contributed by atoms with E-state index in [1.165, 1.54) is 11.5 Å². The molecule has 0 spiro atoms. The number of nitrogens with zero attached hydrogens (tertiary/aromatic N) is 6. The van der Waals surface area contributed by atoms with E-state index in [0.29, 0.717) is 36.6 Å². The van der Waals surface area contributed by atoms with Gasteiger partial charge in [0.2, 0.25) is 0 Å². The predicted molar refractivity (Wildman–Crippen MR) is 174 cm³/mol. The Morgan fingerprint density at radius 2 is 1.77 bits per heavy atom. The first-order chi connectivity index (χ1) is 21.4. The topological polar surface area (TPSA) is 134 Å². The number of carbonyl (C=O) groups excluding carboxylic acids is 1. The number of benzene rings is 1. The van der Waals surface area contributed by atoms with Crippen molar-refractivity contribution in [2.75, 3.05) is 82.2 Å². The third-order valence-corrected chi connectivity index (χ3v) is 9.74. The molecular formula is C31H43N9O3S. The number of aromatic nitrogens is 3. The van der Waals surface area contributed by atoms with E-state index in [9.17, 15) is 4.79 Å². The summed E-state index contributed by atoms with van der Waals surface area (Å²) in [7, 11) is 3.89. The number of carbonyl (C=O) groups is 1. The van der Waals surface area contributed by atoms with E-state index in [2.05, 4.69) is 42.8 Å². The quantitative estimate of drug-likeness (QED) is 0.324. The molecule has 3 aliphatic heterocycles. The number of likely N-dealkylation sites (N-methyl/N-ethyl adjacent to an activating group) is 1. The summed E-state index contributed by atoms with van der Waals surface area (Å²) in [6.07, 6.45) is 3.99. The van der Waals surface area contributed by atoms with E-state index in [1.807, 2.05) is 25.1 Å². The van der Waals surface area contributed by atoms with Gasteiger partial charge in [-0.05, 0) is 69.4 Å². The number of rotatable bonds is 9. The predicted octanol–water partition coefficient (Wildman–Crippen LogP) is 3.57. The van der Waals surface area contributed by atoms with Crippen molar-refractivity contribution in [2.24, 2.45) is 5.73 Å². The second-order valence-electron chi connectivity index (χ2n) is 11.9. The number of anilines is 4.